The summed E-state index contributed by atoms with van der Waals surface area (Å²) >= 11 is 12.0. The van der Waals surface area contributed by atoms with Crippen LogP contribution in [0.1, 0.15) is 36.8 Å². The average Bonchev–Trinajstić information content (AvgIpc) is 2.68. The number of nitrogens with one attached hydrogen (secondary N) is 2. The summed E-state index contributed by atoms with van der Waals surface area (Å²) < 4.78 is 0. The molecule has 8 heteroatoms. The van der Waals surface area contributed by atoms with Crippen molar-refractivity contribution in [1.82, 2.24) is 10.9 Å². The van der Waals surface area contributed by atoms with Crippen LogP contribution in [0.2, 0.25) is 10.0 Å². The molecule has 0 saturated carbocycles. The molecule has 28 heavy (non-hydrogen) atoms. The van der Waals surface area contributed by atoms with E-state index in [1.807, 2.05) is 24.3 Å². The van der Waals surface area contributed by atoms with Gasteiger partial charge in [0.25, 0.3) is 0 Å². The van der Waals surface area contributed by atoms with Gasteiger partial charge in [-0.25, -0.2) is 10.9 Å². The van der Waals surface area contributed by atoms with Gasteiger partial charge < -0.3 is 0 Å². The number of hydrogen-bond donors (Lipinski definition) is 2. The van der Waals surface area contributed by atoms with Crippen LogP contribution in [0.4, 0.5) is 0 Å². The molecule has 2 rings (SSSR count). The molecule has 146 valence electrons. The monoisotopic (exact) mass is 418 g/mol. The Morgan fingerprint density at radius 2 is 1.14 bits per heavy atom. The predicted molar refractivity (Wildman–Crippen MR) is 113 cm³/mol. The van der Waals surface area contributed by atoms with Crippen molar-refractivity contribution in [2.24, 2.45) is 10.2 Å². The number of carbonyl (C=O) groups is 2. The van der Waals surface area contributed by atoms with Gasteiger partial charge in [-0.3, -0.25) is 9.59 Å². The summed E-state index contributed by atoms with van der Waals surface area (Å²) in [4.78, 5) is 23.5. The maximum Gasteiger partial charge on any atom is 0.240 e. The minimum Gasteiger partial charge on any atom is -0.273 e. The SMILES string of the molecule is O=C(CCCCC(=O)N/N=C/c1ccccc1Cl)N/N=C\c1ccccc1Cl. The molecule has 6 nitrogen and oxygen atoms in total. The molecule has 0 aliphatic rings. The molecule has 2 amide bonds. The van der Waals surface area contributed by atoms with Gasteiger partial charge in [0.15, 0.2) is 0 Å². The van der Waals surface area contributed by atoms with Gasteiger partial charge in [0.05, 0.1) is 12.4 Å². The van der Waals surface area contributed by atoms with E-state index >= 15 is 0 Å². The Bertz CT molecular complexity index is 797. The first-order valence-electron chi connectivity index (χ1n) is 8.69. The standard InChI is InChI=1S/C20H20Cl2N4O2/c21-17-9-3-1-7-15(17)13-23-25-19(27)11-5-6-12-20(28)26-24-14-16-8-2-4-10-18(16)22/h1-4,7-10,13-14H,5-6,11-12H2,(H,25,27)(H,26,28)/b23-13-,24-14+. The highest BCUT2D eigenvalue weighted by Crippen LogP contribution is 2.12. The summed E-state index contributed by atoms with van der Waals surface area (Å²) in [7, 11) is 0. The topological polar surface area (TPSA) is 82.9 Å². The zero-order valence-corrected chi connectivity index (χ0v) is 16.6. The largest absolute Gasteiger partial charge is 0.273 e. The Labute approximate surface area is 173 Å². The Balaban J connectivity index is 1.60. The third-order valence-corrected chi connectivity index (χ3v) is 4.34. The minimum atomic E-state index is -0.222. The Kier molecular flexibility index (Phi) is 9.18. The molecule has 0 unspecified atom stereocenters. The molecular formula is C20H20Cl2N4O2. The number of halogens is 2. The molecule has 0 atom stereocenters. The van der Waals surface area contributed by atoms with Gasteiger partial charge in [-0.1, -0.05) is 59.6 Å². The van der Waals surface area contributed by atoms with E-state index in [-0.39, 0.29) is 24.7 Å². The summed E-state index contributed by atoms with van der Waals surface area (Å²) in [5.74, 6) is -0.444. The third kappa shape index (κ3) is 7.90. The van der Waals surface area contributed by atoms with Crippen molar-refractivity contribution < 1.29 is 9.59 Å². The first-order chi connectivity index (χ1) is 13.6. The van der Waals surface area contributed by atoms with Crippen LogP contribution >= 0.6 is 23.2 Å². The van der Waals surface area contributed by atoms with Crippen LogP contribution in [-0.2, 0) is 9.59 Å². The molecule has 0 bridgehead atoms. The molecule has 0 heterocycles. The first-order valence-corrected chi connectivity index (χ1v) is 9.44. The van der Waals surface area contributed by atoms with Gasteiger partial charge in [0.1, 0.15) is 0 Å². The number of nitrogens with zero attached hydrogens (tertiary/aromatic N) is 2. The van der Waals surface area contributed by atoms with Crippen LogP contribution in [0.15, 0.2) is 58.7 Å². The van der Waals surface area contributed by atoms with Crippen LogP contribution < -0.4 is 10.9 Å². The lowest BCUT2D eigenvalue weighted by molar-refractivity contribution is -0.123. The molecular weight excluding hydrogens is 399 g/mol. The van der Waals surface area contributed by atoms with Crippen molar-refractivity contribution in [2.45, 2.75) is 25.7 Å². The number of carbonyl (C=O) groups excluding carboxylic acids is 2. The quantitative estimate of drug-likeness (QED) is 0.364. The van der Waals surface area contributed by atoms with Crippen molar-refractivity contribution in [3.63, 3.8) is 0 Å². The maximum absolute atomic E-state index is 11.7. The zero-order valence-electron chi connectivity index (χ0n) is 15.1. The number of amides is 2. The molecule has 2 aromatic carbocycles. The van der Waals surface area contributed by atoms with Crippen LogP contribution in [0, 0.1) is 0 Å². The van der Waals surface area contributed by atoms with Gasteiger partial charge in [0, 0.05) is 34.0 Å². The fraction of sp³-hybridized carbons (Fsp3) is 0.200. The number of unbranched alkanes of at least 4 members (excludes halogenated alkanes) is 1. The Morgan fingerprint density at radius 1 is 0.750 bits per heavy atom. The fourth-order valence-corrected chi connectivity index (χ4v) is 2.56. The van der Waals surface area contributed by atoms with Crippen LogP contribution in [-0.4, -0.2) is 24.2 Å². The predicted octanol–water partition coefficient (Wildman–Crippen LogP) is 4.15. The molecule has 0 saturated heterocycles. The molecule has 0 spiro atoms. The van der Waals surface area contributed by atoms with E-state index in [1.165, 1.54) is 12.4 Å². The van der Waals surface area contributed by atoms with Gasteiger partial charge in [-0.15, -0.1) is 0 Å². The minimum absolute atomic E-state index is 0.222. The molecule has 2 aromatic rings. The van der Waals surface area contributed by atoms with E-state index < -0.39 is 0 Å². The molecule has 0 aliphatic carbocycles. The van der Waals surface area contributed by atoms with Gasteiger partial charge in [-0.2, -0.15) is 10.2 Å². The van der Waals surface area contributed by atoms with E-state index in [9.17, 15) is 9.59 Å². The van der Waals surface area contributed by atoms with Crippen LogP contribution in [0.5, 0.6) is 0 Å². The smallest absolute Gasteiger partial charge is 0.240 e. The Morgan fingerprint density at radius 3 is 1.54 bits per heavy atom. The van der Waals surface area contributed by atoms with E-state index in [0.717, 1.165) is 11.1 Å². The Hall–Kier alpha value is -2.70. The summed E-state index contributed by atoms with van der Waals surface area (Å²) in [5.41, 5.74) is 6.32. The number of rotatable bonds is 9. The second-order valence-corrected chi connectivity index (χ2v) is 6.65. The third-order valence-electron chi connectivity index (χ3n) is 3.65. The average molecular weight is 419 g/mol. The second kappa shape index (κ2) is 11.9. The molecule has 0 fully saturated rings. The van der Waals surface area contributed by atoms with E-state index in [0.29, 0.717) is 22.9 Å². The summed E-state index contributed by atoms with van der Waals surface area (Å²) in [6.45, 7) is 0. The summed E-state index contributed by atoms with van der Waals surface area (Å²) in [5, 5.41) is 8.87. The highest BCUT2D eigenvalue weighted by atomic mass is 35.5. The summed E-state index contributed by atoms with van der Waals surface area (Å²) in [6, 6.07) is 14.4. The number of hydrazone groups is 2. The first kappa shape index (κ1) is 21.6. The number of hydrogen-bond acceptors (Lipinski definition) is 4. The lowest BCUT2D eigenvalue weighted by Gasteiger charge is -2.01. The summed E-state index contributed by atoms with van der Waals surface area (Å²) in [6.07, 6.45) is 4.66. The highest BCUT2D eigenvalue weighted by molar-refractivity contribution is 6.33. The van der Waals surface area contributed by atoms with Crippen molar-refractivity contribution in [2.75, 3.05) is 0 Å². The zero-order chi connectivity index (χ0) is 20.2. The molecule has 0 aromatic heterocycles. The van der Waals surface area contributed by atoms with E-state index in [1.54, 1.807) is 24.3 Å². The van der Waals surface area contributed by atoms with Gasteiger partial charge in [-0.05, 0) is 25.0 Å². The lowest BCUT2D eigenvalue weighted by atomic mass is 10.2. The number of benzene rings is 2. The van der Waals surface area contributed by atoms with Crippen LogP contribution in [0.25, 0.3) is 0 Å². The van der Waals surface area contributed by atoms with E-state index in [4.69, 9.17) is 23.2 Å². The van der Waals surface area contributed by atoms with E-state index in [2.05, 4.69) is 21.1 Å². The maximum atomic E-state index is 11.7. The van der Waals surface area contributed by atoms with Crippen molar-refractivity contribution in [3.8, 4) is 0 Å². The fourth-order valence-electron chi connectivity index (χ4n) is 2.19. The lowest BCUT2D eigenvalue weighted by Crippen LogP contribution is -2.19. The van der Waals surface area contributed by atoms with Crippen molar-refractivity contribution in [1.29, 1.82) is 0 Å². The normalized spacial score (nSPS) is 11.1. The van der Waals surface area contributed by atoms with Gasteiger partial charge >= 0.3 is 0 Å². The molecule has 2 N–H and O–H groups in total. The highest BCUT2D eigenvalue weighted by Gasteiger charge is 2.03. The van der Waals surface area contributed by atoms with Gasteiger partial charge in [0.2, 0.25) is 11.8 Å². The molecule has 0 radical (unpaired) electrons. The molecule has 0 aliphatic heterocycles. The second-order valence-electron chi connectivity index (χ2n) is 5.84. The van der Waals surface area contributed by atoms with Crippen molar-refractivity contribution in [3.05, 3.63) is 69.7 Å². The van der Waals surface area contributed by atoms with Crippen LogP contribution in [0.3, 0.4) is 0 Å². The van der Waals surface area contributed by atoms with Crippen molar-refractivity contribution >= 4 is 47.4 Å².